The topological polar surface area (TPSA) is 38.3 Å². The van der Waals surface area contributed by atoms with E-state index in [1.165, 1.54) is 11.6 Å². The minimum Gasteiger partial charge on any atom is -0.488 e. The minimum absolute atomic E-state index is 0.0725. The third-order valence-electron chi connectivity index (χ3n) is 3.62. The maximum atomic E-state index is 14.1. The van der Waals surface area contributed by atoms with Crippen molar-refractivity contribution < 1.29 is 13.9 Å². The molecule has 0 saturated carbocycles. The summed E-state index contributed by atoms with van der Waals surface area (Å²) >= 11 is 3.47. The first-order valence-electron chi connectivity index (χ1n) is 7.43. The Kier molecular flexibility index (Phi) is 6.16. The smallest absolute Gasteiger partial charge is 0.224 e. The molecule has 0 radical (unpaired) electrons. The van der Waals surface area contributed by atoms with Gasteiger partial charge in [0.2, 0.25) is 5.91 Å². The van der Waals surface area contributed by atoms with E-state index in [0.29, 0.717) is 16.9 Å². The van der Waals surface area contributed by atoms with E-state index in [2.05, 4.69) is 28.2 Å². The number of hydrogen-bond donors (Lipinski definition) is 1. The first-order valence-corrected chi connectivity index (χ1v) is 8.22. The number of nitrogens with one attached hydrogen (secondary N) is 1. The molecule has 0 atom stereocenters. The third kappa shape index (κ3) is 4.55. The van der Waals surface area contributed by atoms with Crippen LogP contribution in [0.3, 0.4) is 0 Å². The van der Waals surface area contributed by atoms with E-state index in [1.807, 2.05) is 18.2 Å². The van der Waals surface area contributed by atoms with E-state index in [9.17, 15) is 9.18 Å². The Balaban J connectivity index is 2.18. The zero-order valence-corrected chi connectivity index (χ0v) is 14.7. The molecule has 1 N–H and O–H groups in total. The van der Waals surface area contributed by atoms with Crippen LogP contribution >= 0.6 is 15.9 Å². The van der Waals surface area contributed by atoms with Crippen molar-refractivity contribution >= 4 is 21.8 Å². The number of carbonyl (C=O) groups is 1. The molecule has 0 heterocycles. The summed E-state index contributed by atoms with van der Waals surface area (Å²) in [6, 6.07) is 10.5. The molecule has 2 aromatic rings. The Bertz CT molecular complexity index is 703. The van der Waals surface area contributed by atoms with Gasteiger partial charge in [0.25, 0.3) is 0 Å². The fraction of sp³-hybridized carbons (Fsp3) is 0.278. The second-order valence-electron chi connectivity index (χ2n) is 5.13. The lowest BCUT2D eigenvalue weighted by molar-refractivity contribution is -0.119. The van der Waals surface area contributed by atoms with Gasteiger partial charge < -0.3 is 10.1 Å². The summed E-state index contributed by atoms with van der Waals surface area (Å²) in [4.78, 5) is 11.6. The van der Waals surface area contributed by atoms with Gasteiger partial charge in [-0.05, 0) is 51.7 Å². The molecular formula is C18H19BrFNO2. The van der Waals surface area contributed by atoms with Crippen LogP contribution in [0.15, 0.2) is 40.9 Å². The van der Waals surface area contributed by atoms with Gasteiger partial charge in [0, 0.05) is 12.6 Å². The first-order chi connectivity index (χ1) is 11.0. The summed E-state index contributed by atoms with van der Waals surface area (Å²) in [6.07, 6.45) is 1.06. The van der Waals surface area contributed by atoms with Gasteiger partial charge in [-0.3, -0.25) is 4.79 Å². The van der Waals surface area contributed by atoms with Gasteiger partial charge in [0.15, 0.2) is 0 Å². The molecule has 0 spiro atoms. The fourth-order valence-electron chi connectivity index (χ4n) is 2.22. The second kappa shape index (κ2) is 8.11. The maximum Gasteiger partial charge on any atom is 0.224 e. The number of rotatable bonds is 6. The lowest BCUT2D eigenvalue weighted by Gasteiger charge is -2.13. The van der Waals surface area contributed by atoms with Gasteiger partial charge >= 0.3 is 0 Å². The van der Waals surface area contributed by atoms with Crippen molar-refractivity contribution in [3.8, 4) is 5.75 Å². The summed E-state index contributed by atoms with van der Waals surface area (Å²) in [5, 5.41) is 2.55. The summed E-state index contributed by atoms with van der Waals surface area (Å²) < 4.78 is 20.7. The van der Waals surface area contributed by atoms with E-state index in [0.717, 1.165) is 10.9 Å². The lowest BCUT2D eigenvalue weighted by Crippen LogP contribution is -2.21. The average molecular weight is 380 g/mol. The zero-order valence-electron chi connectivity index (χ0n) is 13.2. The van der Waals surface area contributed by atoms with Crippen LogP contribution in [0.25, 0.3) is 0 Å². The van der Waals surface area contributed by atoms with E-state index in [-0.39, 0.29) is 24.8 Å². The molecule has 0 bridgehead atoms. The van der Waals surface area contributed by atoms with Gasteiger partial charge in [-0.1, -0.05) is 25.1 Å². The highest BCUT2D eigenvalue weighted by Gasteiger charge is 2.13. The molecule has 1 amide bonds. The standard InChI is InChI=1S/C18H19BrFNO2/c1-3-12-7-8-17(15(19)9-12)23-11-14-13(10-18(22)21-2)5-4-6-16(14)20/h4-9H,3,10-11H2,1-2H3,(H,21,22). The first kappa shape index (κ1) is 17.5. The van der Waals surface area contributed by atoms with Gasteiger partial charge in [0.1, 0.15) is 18.2 Å². The Morgan fingerprint density at radius 1 is 1.30 bits per heavy atom. The Hall–Kier alpha value is -1.88. The predicted molar refractivity (Wildman–Crippen MR) is 92.0 cm³/mol. The number of benzene rings is 2. The summed E-state index contributed by atoms with van der Waals surface area (Å²) in [6.45, 7) is 2.15. The van der Waals surface area contributed by atoms with Crippen LogP contribution in [0.4, 0.5) is 4.39 Å². The zero-order chi connectivity index (χ0) is 16.8. The summed E-state index contributed by atoms with van der Waals surface area (Å²) in [5.74, 6) is 0.120. The predicted octanol–water partition coefficient (Wildman–Crippen LogP) is 4.02. The van der Waals surface area contributed by atoms with Crippen LogP contribution in [0.5, 0.6) is 5.75 Å². The van der Waals surface area contributed by atoms with E-state index in [4.69, 9.17) is 4.74 Å². The lowest BCUT2D eigenvalue weighted by atomic mass is 10.0. The third-order valence-corrected chi connectivity index (χ3v) is 4.24. The van der Waals surface area contributed by atoms with Gasteiger partial charge in [-0.2, -0.15) is 0 Å². The van der Waals surface area contributed by atoms with Gasteiger partial charge in [-0.25, -0.2) is 4.39 Å². The molecule has 0 saturated heterocycles. The normalized spacial score (nSPS) is 10.4. The van der Waals surface area contributed by atoms with Crippen molar-refractivity contribution in [2.75, 3.05) is 7.05 Å². The molecule has 2 aromatic carbocycles. The molecule has 23 heavy (non-hydrogen) atoms. The van der Waals surface area contributed by atoms with Crippen LogP contribution < -0.4 is 10.1 Å². The SMILES string of the molecule is CCc1ccc(OCc2c(F)cccc2CC(=O)NC)c(Br)c1. The highest BCUT2D eigenvalue weighted by molar-refractivity contribution is 9.10. The number of halogens is 2. The van der Waals surface area contributed by atoms with Gasteiger partial charge in [0.05, 0.1) is 10.9 Å². The van der Waals surface area contributed by atoms with E-state index >= 15 is 0 Å². The number of likely N-dealkylation sites (N-methyl/N-ethyl adjacent to an activating group) is 1. The fourth-order valence-corrected chi connectivity index (χ4v) is 2.76. The molecule has 0 aliphatic rings. The quantitative estimate of drug-likeness (QED) is 0.822. The molecule has 2 rings (SSSR count). The van der Waals surface area contributed by atoms with Crippen LogP contribution in [0, 0.1) is 5.82 Å². The summed E-state index contributed by atoms with van der Waals surface area (Å²) in [7, 11) is 1.56. The number of ether oxygens (including phenoxy) is 1. The van der Waals surface area contributed by atoms with E-state index < -0.39 is 0 Å². The monoisotopic (exact) mass is 379 g/mol. The van der Waals surface area contributed by atoms with Crippen molar-refractivity contribution in [2.24, 2.45) is 0 Å². The van der Waals surface area contributed by atoms with Crippen molar-refractivity contribution in [1.82, 2.24) is 5.32 Å². The molecule has 5 heteroatoms. The average Bonchev–Trinajstić information content (AvgIpc) is 2.55. The highest BCUT2D eigenvalue weighted by Crippen LogP contribution is 2.28. The molecular weight excluding hydrogens is 361 g/mol. The van der Waals surface area contributed by atoms with Crippen molar-refractivity contribution in [1.29, 1.82) is 0 Å². The van der Waals surface area contributed by atoms with Crippen LogP contribution in [0.2, 0.25) is 0 Å². The Morgan fingerprint density at radius 2 is 2.09 bits per heavy atom. The number of carbonyl (C=O) groups excluding carboxylic acids is 1. The molecule has 0 aliphatic heterocycles. The molecule has 0 unspecified atom stereocenters. The number of hydrogen-bond acceptors (Lipinski definition) is 2. The van der Waals surface area contributed by atoms with Crippen LogP contribution in [-0.4, -0.2) is 13.0 Å². The Labute approximate surface area is 144 Å². The van der Waals surface area contributed by atoms with E-state index in [1.54, 1.807) is 19.2 Å². The van der Waals surface area contributed by atoms with Gasteiger partial charge in [-0.15, -0.1) is 0 Å². The molecule has 0 fully saturated rings. The maximum absolute atomic E-state index is 14.1. The highest BCUT2D eigenvalue weighted by atomic mass is 79.9. The minimum atomic E-state index is -0.368. The molecule has 0 aliphatic carbocycles. The summed E-state index contributed by atoms with van der Waals surface area (Å²) in [5.41, 5.74) is 2.23. The van der Waals surface area contributed by atoms with Crippen molar-refractivity contribution in [3.63, 3.8) is 0 Å². The molecule has 0 aromatic heterocycles. The van der Waals surface area contributed by atoms with Crippen molar-refractivity contribution in [3.05, 3.63) is 63.4 Å². The van der Waals surface area contributed by atoms with Crippen molar-refractivity contribution in [2.45, 2.75) is 26.4 Å². The van der Waals surface area contributed by atoms with Crippen LogP contribution in [0.1, 0.15) is 23.6 Å². The Morgan fingerprint density at radius 3 is 2.74 bits per heavy atom. The van der Waals surface area contributed by atoms with Crippen LogP contribution in [-0.2, 0) is 24.2 Å². The molecule has 3 nitrogen and oxygen atoms in total. The largest absolute Gasteiger partial charge is 0.488 e. The number of aryl methyl sites for hydroxylation is 1. The second-order valence-corrected chi connectivity index (χ2v) is 5.99. The molecule has 122 valence electrons. The number of amides is 1.